The Kier molecular flexibility index (Phi) is 9.05. The lowest BCUT2D eigenvalue weighted by molar-refractivity contribution is -0.0756. The molecule has 3 saturated carbocycles. The summed E-state index contributed by atoms with van der Waals surface area (Å²) in [6, 6.07) is 9.88. The topological polar surface area (TPSA) is 73.7 Å². The molecule has 0 N–H and O–H groups in total. The molecule has 2 aromatic rings. The van der Waals surface area contributed by atoms with Crippen LogP contribution < -0.4 is 5.56 Å². The molecule has 3 aliphatic carbocycles. The van der Waals surface area contributed by atoms with Gasteiger partial charge in [-0.25, -0.2) is 4.98 Å². The average molecular weight is 598 g/mol. The standard InChI is InChI=1S/C34H52N3O4P/c1-6-40-42(39,41-7-2)15-14-31-34(38)37(32-11-9-8-10-30(32)35-31)29-20-27-13-12-22(3)33(21-29)36(27)28-16-23(4)24(5)26-17-25(18-26)19-28/h8-11,22-29,33H,6-7,12-21H2,1-5H3/t22?,23?,24?,25?,26?,27-,28+,29+,33?/m1/s1. The van der Waals surface area contributed by atoms with Crippen LogP contribution in [-0.4, -0.2) is 52.0 Å². The fourth-order valence-electron chi connectivity index (χ4n) is 9.20. The molecule has 1 aromatic heterocycles. The fraction of sp³-hybridized carbons (Fsp3) is 0.765. The lowest BCUT2D eigenvalue weighted by Crippen LogP contribution is -2.61. The van der Waals surface area contributed by atoms with E-state index in [9.17, 15) is 9.36 Å². The number of benzene rings is 1. The van der Waals surface area contributed by atoms with Crippen LogP contribution in [0, 0.1) is 29.6 Å². The molecule has 7 rings (SSSR count). The molecule has 0 amide bonds. The van der Waals surface area contributed by atoms with Crippen LogP contribution in [0.5, 0.6) is 0 Å². The number of rotatable bonds is 9. The quantitative estimate of drug-likeness (QED) is 0.279. The molecule has 2 aliphatic heterocycles. The van der Waals surface area contributed by atoms with Crippen LogP contribution in [-0.2, 0) is 20.0 Å². The summed E-state index contributed by atoms with van der Waals surface area (Å²) in [5.41, 5.74) is 2.18. The van der Waals surface area contributed by atoms with Crippen molar-refractivity contribution in [3.8, 4) is 0 Å². The van der Waals surface area contributed by atoms with Crippen molar-refractivity contribution in [2.45, 2.75) is 117 Å². The molecule has 2 saturated heterocycles. The van der Waals surface area contributed by atoms with Gasteiger partial charge >= 0.3 is 7.60 Å². The third-order valence-electron chi connectivity index (χ3n) is 11.6. The number of hydrogen-bond donors (Lipinski definition) is 0. The van der Waals surface area contributed by atoms with Crippen molar-refractivity contribution in [3.05, 3.63) is 40.3 Å². The van der Waals surface area contributed by atoms with Crippen molar-refractivity contribution in [2.24, 2.45) is 29.6 Å². The van der Waals surface area contributed by atoms with Crippen LogP contribution in [0.2, 0.25) is 0 Å². The Labute approximate surface area is 252 Å². The van der Waals surface area contributed by atoms with Crippen molar-refractivity contribution in [2.75, 3.05) is 19.4 Å². The molecule has 1 aromatic carbocycles. The summed E-state index contributed by atoms with van der Waals surface area (Å²) in [6.45, 7) is 11.7. The second-order valence-corrected chi connectivity index (χ2v) is 16.2. The summed E-state index contributed by atoms with van der Waals surface area (Å²) in [5, 5.41) is 0. The van der Waals surface area contributed by atoms with E-state index in [1.165, 1.54) is 38.5 Å². The molecule has 232 valence electrons. The molecule has 0 radical (unpaired) electrons. The van der Waals surface area contributed by atoms with Gasteiger partial charge in [-0.3, -0.25) is 14.3 Å². The van der Waals surface area contributed by atoms with E-state index >= 15 is 0 Å². The molecule has 5 aliphatic rings. The lowest BCUT2D eigenvalue weighted by Gasteiger charge is -2.57. The van der Waals surface area contributed by atoms with Gasteiger partial charge in [0.05, 0.1) is 30.4 Å². The minimum absolute atomic E-state index is 0.0358. The molecule has 0 spiro atoms. The van der Waals surface area contributed by atoms with Crippen molar-refractivity contribution >= 4 is 18.6 Å². The lowest BCUT2D eigenvalue weighted by atomic mass is 9.60. The zero-order chi connectivity index (χ0) is 29.6. The highest BCUT2D eigenvalue weighted by Gasteiger charge is 2.48. The van der Waals surface area contributed by atoms with E-state index in [4.69, 9.17) is 14.0 Å². The summed E-state index contributed by atoms with van der Waals surface area (Å²) in [6.07, 6.45) is 10.5. The van der Waals surface area contributed by atoms with E-state index in [1.54, 1.807) is 0 Å². The molecule has 4 unspecified atom stereocenters. The molecule has 4 bridgehead atoms. The Morgan fingerprint density at radius 2 is 1.62 bits per heavy atom. The number of fused-ring (bicyclic) bond motifs is 8. The van der Waals surface area contributed by atoms with E-state index in [0.29, 0.717) is 43.0 Å². The Bertz CT molecular complexity index is 1350. The average Bonchev–Trinajstić information content (AvgIpc) is 2.94. The van der Waals surface area contributed by atoms with E-state index in [1.807, 2.05) is 32.0 Å². The van der Waals surface area contributed by atoms with Gasteiger partial charge in [0.25, 0.3) is 5.56 Å². The van der Waals surface area contributed by atoms with E-state index in [-0.39, 0.29) is 24.2 Å². The number of aromatic nitrogens is 2. The molecular weight excluding hydrogens is 545 g/mol. The Hall–Kier alpha value is -1.53. The number of aryl methyl sites for hydroxylation is 1. The molecule has 42 heavy (non-hydrogen) atoms. The van der Waals surface area contributed by atoms with Gasteiger partial charge in [-0.2, -0.15) is 0 Å². The van der Waals surface area contributed by atoms with E-state index in [2.05, 4.69) is 36.3 Å². The molecule has 7 nitrogen and oxygen atoms in total. The first-order valence-electron chi connectivity index (χ1n) is 16.9. The third-order valence-corrected chi connectivity index (χ3v) is 13.6. The van der Waals surface area contributed by atoms with Gasteiger partial charge in [0.2, 0.25) is 0 Å². The highest BCUT2D eigenvalue weighted by atomic mass is 31.2. The molecule has 5 fully saturated rings. The van der Waals surface area contributed by atoms with Crippen LogP contribution in [0.1, 0.15) is 97.7 Å². The zero-order valence-corrected chi connectivity index (χ0v) is 27.3. The largest absolute Gasteiger partial charge is 0.331 e. The number of para-hydroxylation sites is 2. The normalized spacial score (nSPS) is 35.4. The summed E-state index contributed by atoms with van der Waals surface area (Å²) >= 11 is 0. The predicted molar refractivity (Wildman–Crippen MR) is 169 cm³/mol. The van der Waals surface area contributed by atoms with Crippen molar-refractivity contribution < 1.29 is 13.6 Å². The monoisotopic (exact) mass is 597 g/mol. The van der Waals surface area contributed by atoms with Gasteiger partial charge in [0, 0.05) is 30.6 Å². The van der Waals surface area contributed by atoms with Crippen LogP contribution in [0.25, 0.3) is 11.0 Å². The highest BCUT2D eigenvalue weighted by Crippen LogP contribution is 2.52. The minimum Gasteiger partial charge on any atom is -0.309 e. The predicted octanol–water partition coefficient (Wildman–Crippen LogP) is 7.47. The summed E-state index contributed by atoms with van der Waals surface area (Å²) in [7, 11) is -3.27. The second-order valence-electron chi connectivity index (χ2n) is 14.0. The highest BCUT2D eigenvalue weighted by molar-refractivity contribution is 7.53. The number of piperidine rings is 2. The third kappa shape index (κ3) is 5.80. The molecule has 7 atom stereocenters. The first-order chi connectivity index (χ1) is 20.2. The number of nitrogens with zero attached hydrogens (tertiary/aromatic N) is 3. The second kappa shape index (κ2) is 12.5. The Morgan fingerprint density at radius 1 is 0.881 bits per heavy atom. The first kappa shape index (κ1) is 30.5. The van der Waals surface area contributed by atoms with Crippen molar-refractivity contribution in [1.29, 1.82) is 0 Å². The SMILES string of the molecule is CCOP(=O)(CCc1nc2ccccc2n([C@@H]2CC3C(C)CC[C@H](C2)N3[C@@H]2CC3CC(C3)C(C)C(C)C2)c1=O)OCC. The van der Waals surface area contributed by atoms with Crippen LogP contribution >= 0.6 is 7.60 Å². The van der Waals surface area contributed by atoms with Crippen LogP contribution in [0.15, 0.2) is 29.1 Å². The van der Waals surface area contributed by atoms with Gasteiger partial charge in [-0.1, -0.05) is 32.9 Å². The van der Waals surface area contributed by atoms with Gasteiger partial charge in [0.1, 0.15) is 5.69 Å². The summed E-state index contributed by atoms with van der Waals surface area (Å²) in [4.78, 5) is 22.0. The van der Waals surface area contributed by atoms with E-state index < -0.39 is 7.60 Å². The maximum absolute atomic E-state index is 14.2. The first-order valence-corrected chi connectivity index (χ1v) is 18.6. The number of hydrogen-bond acceptors (Lipinski definition) is 6. The van der Waals surface area contributed by atoms with Gasteiger partial charge in [-0.15, -0.1) is 0 Å². The summed E-state index contributed by atoms with van der Waals surface area (Å²) < 4.78 is 26.4. The van der Waals surface area contributed by atoms with Crippen molar-refractivity contribution in [3.63, 3.8) is 0 Å². The van der Waals surface area contributed by atoms with Gasteiger partial charge in [-0.05, 0) is 107 Å². The van der Waals surface area contributed by atoms with Crippen LogP contribution in [0.4, 0.5) is 0 Å². The minimum atomic E-state index is -3.27. The zero-order valence-electron chi connectivity index (χ0n) is 26.4. The van der Waals surface area contributed by atoms with E-state index in [0.717, 1.165) is 47.5 Å². The molecule has 8 heteroatoms. The maximum atomic E-state index is 14.2. The Balaban J connectivity index is 1.31. The van der Waals surface area contributed by atoms with Crippen LogP contribution in [0.3, 0.4) is 0 Å². The molecular formula is C34H52N3O4P. The Morgan fingerprint density at radius 3 is 2.36 bits per heavy atom. The summed E-state index contributed by atoms with van der Waals surface area (Å²) in [5.74, 6) is 4.09. The van der Waals surface area contributed by atoms with Gasteiger partial charge < -0.3 is 13.6 Å². The van der Waals surface area contributed by atoms with Gasteiger partial charge in [0.15, 0.2) is 0 Å². The maximum Gasteiger partial charge on any atom is 0.331 e. The smallest absolute Gasteiger partial charge is 0.309 e. The van der Waals surface area contributed by atoms with Crippen molar-refractivity contribution in [1.82, 2.24) is 14.5 Å². The fourth-order valence-corrected chi connectivity index (χ4v) is 10.8. The molecule has 3 heterocycles.